The van der Waals surface area contributed by atoms with Crippen molar-refractivity contribution in [1.29, 1.82) is 0 Å². The molecule has 0 aliphatic rings. The first-order valence-corrected chi connectivity index (χ1v) is 6.22. The average molecular weight is 281 g/mol. The Bertz CT molecular complexity index is 949. The second-order valence-corrected chi connectivity index (χ2v) is 4.43. The van der Waals surface area contributed by atoms with Crippen LogP contribution in [-0.4, -0.2) is 21.3 Å². The van der Waals surface area contributed by atoms with Crippen LogP contribution < -0.4 is 11.2 Å². The molecule has 0 unspecified atom stereocenters. The van der Waals surface area contributed by atoms with E-state index < -0.39 is 17.1 Å². The molecule has 3 rings (SSSR count). The Hall–Kier alpha value is -3.15. The summed E-state index contributed by atoms with van der Waals surface area (Å²) in [4.78, 5) is 31.0. The molecular formula is C15H11N3O3. The Morgan fingerprint density at radius 2 is 1.76 bits per heavy atom. The Labute approximate surface area is 118 Å². The van der Waals surface area contributed by atoms with Crippen LogP contribution in [0, 0.1) is 0 Å². The van der Waals surface area contributed by atoms with Crippen molar-refractivity contribution in [2.24, 2.45) is 4.99 Å². The summed E-state index contributed by atoms with van der Waals surface area (Å²) in [6.07, 6.45) is 1.23. The third-order valence-corrected chi connectivity index (χ3v) is 3.06. The van der Waals surface area contributed by atoms with Crippen LogP contribution in [0.3, 0.4) is 0 Å². The molecule has 0 atom stereocenters. The van der Waals surface area contributed by atoms with E-state index in [2.05, 4.69) is 9.98 Å². The number of rotatable bonds is 2. The number of aromatic hydroxyl groups is 1. The molecule has 6 nitrogen and oxygen atoms in total. The minimum Gasteiger partial charge on any atom is -0.494 e. The van der Waals surface area contributed by atoms with Crippen molar-refractivity contribution in [3.8, 4) is 5.88 Å². The summed E-state index contributed by atoms with van der Waals surface area (Å²) < 4.78 is 0. The molecule has 0 saturated heterocycles. The van der Waals surface area contributed by atoms with E-state index in [1.165, 1.54) is 6.21 Å². The molecule has 0 fully saturated rings. The van der Waals surface area contributed by atoms with Gasteiger partial charge in [-0.2, -0.15) is 0 Å². The zero-order chi connectivity index (χ0) is 14.8. The Morgan fingerprint density at radius 1 is 1.00 bits per heavy atom. The zero-order valence-corrected chi connectivity index (χ0v) is 10.8. The maximum Gasteiger partial charge on any atom is 0.328 e. The van der Waals surface area contributed by atoms with Crippen molar-refractivity contribution >= 4 is 22.7 Å². The van der Waals surface area contributed by atoms with Gasteiger partial charge in [-0.1, -0.05) is 36.4 Å². The normalized spacial score (nSPS) is 11.2. The van der Waals surface area contributed by atoms with Gasteiger partial charge in [-0.3, -0.25) is 19.8 Å². The highest BCUT2D eigenvalue weighted by molar-refractivity contribution is 5.95. The van der Waals surface area contributed by atoms with E-state index >= 15 is 0 Å². The molecule has 0 spiro atoms. The smallest absolute Gasteiger partial charge is 0.328 e. The fourth-order valence-electron chi connectivity index (χ4n) is 2.06. The van der Waals surface area contributed by atoms with Crippen molar-refractivity contribution in [1.82, 2.24) is 9.97 Å². The number of nitrogens with zero attached hydrogens (tertiary/aromatic N) is 1. The summed E-state index contributed by atoms with van der Waals surface area (Å²) in [5.41, 5.74) is -0.888. The SMILES string of the molecule is O=c1[nH]c(O)c(C=Nc2cccc3ccccc23)c(=O)[nH]1. The molecule has 0 saturated carbocycles. The van der Waals surface area contributed by atoms with Crippen molar-refractivity contribution < 1.29 is 5.11 Å². The van der Waals surface area contributed by atoms with Crippen LogP contribution in [0.5, 0.6) is 5.88 Å². The van der Waals surface area contributed by atoms with Crippen molar-refractivity contribution in [2.45, 2.75) is 0 Å². The number of aliphatic imine (C=N–C) groups is 1. The van der Waals surface area contributed by atoms with E-state index in [9.17, 15) is 14.7 Å². The highest BCUT2D eigenvalue weighted by atomic mass is 16.3. The van der Waals surface area contributed by atoms with Gasteiger partial charge < -0.3 is 5.11 Å². The third kappa shape index (κ3) is 2.46. The molecule has 0 aliphatic heterocycles. The van der Waals surface area contributed by atoms with E-state index in [0.29, 0.717) is 5.69 Å². The van der Waals surface area contributed by atoms with Gasteiger partial charge in [0.25, 0.3) is 5.56 Å². The first-order chi connectivity index (χ1) is 10.1. The van der Waals surface area contributed by atoms with E-state index in [1.54, 1.807) is 6.07 Å². The molecule has 1 aromatic heterocycles. The summed E-state index contributed by atoms with van der Waals surface area (Å²) in [7, 11) is 0. The highest BCUT2D eigenvalue weighted by Gasteiger charge is 2.06. The molecule has 1 heterocycles. The third-order valence-electron chi connectivity index (χ3n) is 3.06. The topological polar surface area (TPSA) is 98.3 Å². The molecule has 0 bridgehead atoms. The lowest BCUT2D eigenvalue weighted by atomic mass is 10.1. The van der Waals surface area contributed by atoms with Crippen LogP contribution in [-0.2, 0) is 0 Å². The molecule has 2 aromatic carbocycles. The van der Waals surface area contributed by atoms with Crippen molar-refractivity contribution in [3.05, 3.63) is 68.9 Å². The molecule has 3 aromatic rings. The first-order valence-electron chi connectivity index (χ1n) is 6.22. The number of H-pyrrole nitrogens is 2. The van der Waals surface area contributed by atoms with Crippen LogP contribution >= 0.6 is 0 Å². The summed E-state index contributed by atoms with van der Waals surface area (Å²) in [6.45, 7) is 0. The first kappa shape index (κ1) is 12.9. The number of nitrogens with one attached hydrogen (secondary N) is 2. The molecule has 0 radical (unpaired) electrons. The minimum atomic E-state index is -0.764. The van der Waals surface area contributed by atoms with Gasteiger partial charge in [0.2, 0.25) is 5.88 Å². The number of aromatic nitrogens is 2. The molecule has 21 heavy (non-hydrogen) atoms. The molecule has 0 aliphatic carbocycles. The van der Waals surface area contributed by atoms with Gasteiger partial charge in [-0.15, -0.1) is 0 Å². The predicted octanol–water partition coefficient (Wildman–Crippen LogP) is 1.67. The largest absolute Gasteiger partial charge is 0.494 e. The second-order valence-electron chi connectivity index (χ2n) is 4.43. The van der Waals surface area contributed by atoms with Gasteiger partial charge >= 0.3 is 5.69 Å². The lowest BCUT2D eigenvalue weighted by molar-refractivity contribution is 0.447. The van der Waals surface area contributed by atoms with Crippen LogP contribution in [0.2, 0.25) is 0 Å². The summed E-state index contributed by atoms with van der Waals surface area (Å²) >= 11 is 0. The molecule has 0 amide bonds. The lowest BCUT2D eigenvalue weighted by Crippen LogP contribution is -2.24. The highest BCUT2D eigenvalue weighted by Crippen LogP contribution is 2.25. The number of hydrogen-bond donors (Lipinski definition) is 3. The number of fused-ring (bicyclic) bond motifs is 1. The summed E-state index contributed by atoms with van der Waals surface area (Å²) in [6, 6.07) is 13.3. The monoisotopic (exact) mass is 281 g/mol. The fourth-order valence-corrected chi connectivity index (χ4v) is 2.06. The predicted molar refractivity (Wildman–Crippen MR) is 80.6 cm³/mol. The van der Waals surface area contributed by atoms with Gasteiger partial charge in [-0.05, 0) is 11.5 Å². The minimum absolute atomic E-state index is 0.0949. The van der Waals surface area contributed by atoms with E-state index in [1.807, 2.05) is 41.4 Å². The number of aromatic amines is 2. The molecule has 6 heteroatoms. The fraction of sp³-hybridized carbons (Fsp3) is 0. The molecular weight excluding hydrogens is 270 g/mol. The van der Waals surface area contributed by atoms with Crippen molar-refractivity contribution in [2.75, 3.05) is 0 Å². The Balaban J connectivity index is 2.11. The van der Waals surface area contributed by atoms with Gasteiger partial charge in [0, 0.05) is 11.6 Å². The van der Waals surface area contributed by atoms with E-state index in [0.717, 1.165) is 10.8 Å². The number of hydrogen-bond acceptors (Lipinski definition) is 4. The Kier molecular flexibility index (Phi) is 3.12. The van der Waals surface area contributed by atoms with E-state index in [-0.39, 0.29) is 5.56 Å². The Morgan fingerprint density at radius 3 is 2.57 bits per heavy atom. The van der Waals surface area contributed by atoms with Crippen LogP contribution in [0.25, 0.3) is 10.8 Å². The van der Waals surface area contributed by atoms with Crippen LogP contribution in [0.1, 0.15) is 5.56 Å². The van der Waals surface area contributed by atoms with Crippen LogP contribution in [0.4, 0.5) is 5.69 Å². The van der Waals surface area contributed by atoms with Gasteiger partial charge in [-0.25, -0.2) is 4.79 Å². The van der Waals surface area contributed by atoms with E-state index in [4.69, 9.17) is 0 Å². The zero-order valence-electron chi connectivity index (χ0n) is 10.8. The van der Waals surface area contributed by atoms with Gasteiger partial charge in [0.1, 0.15) is 5.56 Å². The maximum absolute atomic E-state index is 11.6. The van der Waals surface area contributed by atoms with Crippen molar-refractivity contribution in [3.63, 3.8) is 0 Å². The molecule has 3 N–H and O–H groups in total. The quantitative estimate of drug-likeness (QED) is 0.623. The number of benzene rings is 2. The average Bonchev–Trinajstić information content (AvgIpc) is 2.46. The van der Waals surface area contributed by atoms with Crippen LogP contribution in [0.15, 0.2) is 57.0 Å². The maximum atomic E-state index is 11.6. The summed E-state index contributed by atoms with van der Waals surface area (Å²) in [5.74, 6) is -0.507. The standard InChI is InChI=1S/C15H11N3O3/c19-13-11(14(20)18-15(21)17-13)8-16-12-7-3-5-9-4-1-2-6-10(9)12/h1-8H,(H3,17,18,19,20,21). The van der Waals surface area contributed by atoms with Gasteiger partial charge in [0.15, 0.2) is 0 Å². The lowest BCUT2D eigenvalue weighted by Gasteiger charge is -2.01. The summed E-state index contributed by atoms with van der Waals surface area (Å²) in [5, 5.41) is 11.5. The molecule has 104 valence electrons. The van der Waals surface area contributed by atoms with Gasteiger partial charge in [0.05, 0.1) is 5.69 Å². The second kappa shape index (κ2) is 5.09.